The Bertz CT molecular complexity index is 2810. The third kappa shape index (κ3) is 6.45. The number of fused-ring (bicyclic) bond motifs is 3. The monoisotopic (exact) mass is 744 g/mol. The molecule has 1 aliphatic carbocycles. The van der Waals surface area contributed by atoms with Crippen LogP contribution in [0.2, 0.25) is 0 Å². The highest BCUT2D eigenvalue weighted by molar-refractivity contribution is 5.86. The number of nitrogens with zero attached hydrogens (tertiary/aromatic N) is 4. The molecule has 0 N–H and O–H groups in total. The van der Waals surface area contributed by atoms with Gasteiger partial charge in [-0.3, -0.25) is 0 Å². The van der Waals surface area contributed by atoms with Crippen LogP contribution in [-0.2, 0) is 5.41 Å². The van der Waals surface area contributed by atoms with E-state index in [1.54, 1.807) is 0 Å². The van der Waals surface area contributed by atoms with E-state index in [1.165, 1.54) is 44.5 Å². The molecule has 9 aromatic rings. The van der Waals surface area contributed by atoms with Gasteiger partial charge >= 0.3 is 0 Å². The first kappa shape index (κ1) is 35.0. The van der Waals surface area contributed by atoms with Gasteiger partial charge in [-0.1, -0.05) is 172 Å². The van der Waals surface area contributed by atoms with Crippen molar-refractivity contribution < 1.29 is 0 Å². The molecular formula is C54H40N4. The fourth-order valence-electron chi connectivity index (χ4n) is 8.26. The van der Waals surface area contributed by atoms with Crippen molar-refractivity contribution in [3.05, 3.63) is 217 Å². The lowest BCUT2D eigenvalue weighted by Crippen LogP contribution is -2.16. The molecule has 0 radical (unpaired) electrons. The fourth-order valence-corrected chi connectivity index (χ4v) is 8.26. The topological polar surface area (TPSA) is 41.9 Å². The first-order valence-corrected chi connectivity index (χ1v) is 19.8. The summed E-state index contributed by atoms with van der Waals surface area (Å²) in [5.41, 5.74) is 16.0. The van der Waals surface area contributed by atoms with Crippen molar-refractivity contribution in [2.75, 3.05) is 4.90 Å². The van der Waals surface area contributed by atoms with Crippen molar-refractivity contribution in [1.82, 2.24) is 15.0 Å². The Labute approximate surface area is 339 Å². The highest BCUT2D eigenvalue weighted by Crippen LogP contribution is 2.50. The zero-order chi connectivity index (χ0) is 39.1. The Morgan fingerprint density at radius 1 is 0.310 bits per heavy atom. The van der Waals surface area contributed by atoms with Crippen LogP contribution in [0, 0.1) is 0 Å². The summed E-state index contributed by atoms with van der Waals surface area (Å²) in [5, 5.41) is 0. The van der Waals surface area contributed by atoms with Gasteiger partial charge in [0.15, 0.2) is 17.5 Å². The van der Waals surface area contributed by atoms with E-state index >= 15 is 0 Å². The molecule has 0 saturated carbocycles. The Balaban J connectivity index is 1.05. The van der Waals surface area contributed by atoms with Gasteiger partial charge in [-0.05, 0) is 93.0 Å². The van der Waals surface area contributed by atoms with Crippen LogP contribution in [0.3, 0.4) is 0 Å². The molecule has 0 bridgehead atoms. The molecule has 58 heavy (non-hydrogen) atoms. The van der Waals surface area contributed by atoms with E-state index in [-0.39, 0.29) is 5.41 Å². The minimum atomic E-state index is -0.126. The predicted octanol–water partition coefficient (Wildman–Crippen LogP) is 14.0. The second kappa shape index (κ2) is 14.6. The molecule has 0 fully saturated rings. The molecule has 0 spiro atoms. The molecule has 1 heterocycles. The second-order valence-electron chi connectivity index (χ2n) is 15.3. The summed E-state index contributed by atoms with van der Waals surface area (Å²) in [6.45, 7) is 4.67. The molecular weight excluding hydrogens is 705 g/mol. The van der Waals surface area contributed by atoms with Gasteiger partial charge in [0, 0.05) is 39.2 Å². The Hall–Kier alpha value is -7.43. The van der Waals surface area contributed by atoms with Gasteiger partial charge in [0.25, 0.3) is 0 Å². The van der Waals surface area contributed by atoms with Crippen molar-refractivity contribution in [2.24, 2.45) is 0 Å². The summed E-state index contributed by atoms with van der Waals surface area (Å²) in [6.07, 6.45) is 0. The molecule has 0 amide bonds. The molecule has 0 atom stereocenters. The van der Waals surface area contributed by atoms with Crippen LogP contribution in [0.15, 0.2) is 206 Å². The van der Waals surface area contributed by atoms with E-state index in [1.807, 2.05) is 60.7 Å². The van der Waals surface area contributed by atoms with Gasteiger partial charge in [0.1, 0.15) is 0 Å². The number of aromatic nitrogens is 3. The summed E-state index contributed by atoms with van der Waals surface area (Å²) < 4.78 is 0. The number of benzene rings is 8. The van der Waals surface area contributed by atoms with E-state index in [0.717, 1.165) is 33.8 Å². The van der Waals surface area contributed by atoms with Crippen molar-refractivity contribution in [2.45, 2.75) is 19.3 Å². The average molecular weight is 745 g/mol. The van der Waals surface area contributed by atoms with E-state index in [2.05, 4.69) is 164 Å². The SMILES string of the molecule is CC1(C)c2ccccc2-c2ccc(N(c3ccc(-c4ccc(-c5ccccc5)cc4)cc3)c3ccc(-c4nc(-c5ccccc5)nc(-c5ccccc5)n4)cc3)cc21. The molecule has 1 aliphatic rings. The zero-order valence-electron chi connectivity index (χ0n) is 32.4. The third-order valence-electron chi connectivity index (χ3n) is 11.4. The van der Waals surface area contributed by atoms with Crippen LogP contribution in [0.5, 0.6) is 0 Å². The van der Waals surface area contributed by atoms with Crippen LogP contribution in [0.1, 0.15) is 25.0 Å². The van der Waals surface area contributed by atoms with E-state index in [9.17, 15) is 0 Å². The first-order chi connectivity index (χ1) is 28.5. The lowest BCUT2D eigenvalue weighted by Gasteiger charge is -2.28. The molecule has 4 nitrogen and oxygen atoms in total. The minimum absolute atomic E-state index is 0.126. The quantitative estimate of drug-likeness (QED) is 0.155. The predicted molar refractivity (Wildman–Crippen MR) is 239 cm³/mol. The Morgan fingerprint density at radius 3 is 1.16 bits per heavy atom. The number of hydrogen-bond acceptors (Lipinski definition) is 4. The van der Waals surface area contributed by atoms with E-state index in [0.29, 0.717) is 17.5 Å². The summed E-state index contributed by atoms with van der Waals surface area (Å²) in [4.78, 5) is 17.2. The minimum Gasteiger partial charge on any atom is -0.310 e. The lowest BCUT2D eigenvalue weighted by molar-refractivity contribution is 0.660. The van der Waals surface area contributed by atoms with E-state index < -0.39 is 0 Å². The van der Waals surface area contributed by atoms with Crippen molar-refractivity contribution in [3.8, 4) is 67.5 Å². The molecule has 0 saturated heterocycles. The smallest absolute Gasteiger partial charge is 0.164 e. The van der Waals surface area contributed by atoms with Gasteiger partial charge in [0.05, 0.1) is 0 Å². The maximum atomic E-state index is 4.99. The van der Waals surface area contributed by atoms with Gasteiger partial charge < -0.3 is 4.90 Å². The Morgan fingerprint density at radius 2 is 0.655 bits per heavy atom. The second-order valence-corrected chi connectivity index (χ2v) is 15.3. The highest BCUT2D eigenvalue weighted by Gasteiger charge is 2.35. The first-order valence-electron chi connectivity index (χ1n) is 19.8. The van der Waals surface area contributed by atoms with Gasteiger partial charge in [-0.25, -0.2) is 15.0 Å². The zero-order valence-corrected chi connectivity index (χ0v) is 32.4. The number of hydrogen-bond donors (Lipinski definition) is 0. The summed E-state index contributed by atoms with van der Waals surface area (Å²) in [6, 6.07) is 72.8. The van der Waals surface area contributed by atoms with Crippen molar-refractivity contribution >= 4 is 17.1 Å². The molecule has 276 valence electrons. The highest BCUT2D eigenvalue weighted by atomic mass is 15.1. The molecule has 0 aliphatic heterocycles. The maximum absolute atomic E-state index is 4.99. The average Bonchev–Trinajstić information content (AvgIpc) is 3.53. The molecule has 8 aromatic carbocycles. The lowest BCUT2D eigenvalue weighted by atomic mass is 9.82. The molecule has 1 aromatic heterocycles. The fraction of sp³-hybridized carbons (Fsp3) is 0.0556. The normalized spacial score (nSPS) is 12.4. The van der Waals surface area contributed by atoms with Gasteiger partial charge in [-0.2, -0.15) is 0 Å². The number of rotatable bonds is 8. The Kier molecular flexibility index (Phi) is 8.80. The third-order valence-corrected chi connectivity index (χ3v) is 11.4. The standard InChI is InChI=1S/C54H40N4/c1-54(2)49-21-13-12-20-47(49)48-35-34-46(36-50(48)54)58(44-30-26-40(27-31-44)39-24-22-38(23-25-39)37-14-6-3-7-15-37)45-32-28-43(29-33-45)53-56-51(41-16-8-4-9-17-41)55-52(57-53)42-18-10-5-11-19-42/h3-36H,1-2H3. The van der Waals surface area contributed by atoms with Crippen LogP contribution in [0.25, 0.3) is 67.5 Å². The van der Waals surface area contributed by atoms with Gasteiger partial charge in [-0.15, -0.1) is 0 Å². The van der Waals surface area contributed by atoms with Crippen LogP contribution < -0.4 is 4.90 Å². The van der Waals surface area contributed by atoms with Crippen LogP contribution >= 0.6 is 0 Å². The maximum Gasteiger partial charge on any atom is 0.164 e. The van der Waals surface area contributed by atoms with Crippen molar-refractivity contribution in [1.29, 1.82) is 0 Å². The molecule has 4 heteroatoms. The van der Waals surface area contributed by atoms with E-state index in [4.69, 9.17) is 15.0 Å². The largest absolute Gasteiger partial charge is 0.310 e. The molecule has 10 rings (SSSR count). The summed E-state index contributed by atoms with van der Waals surface area (Å²) in [7, 11) is 0. The number of anilines is 3. The van der Waals surface area contributed by atoms with Crippen LogP contribution in [-0.4, -0.2) is 15.0 Å². The summed E-state index contributed by atoms with van der Waals surface area (Å²) >= 11 is 0. The van der Waals surface area contributed by atoms with Crippen LogP contribution in [0.4, 0.5) is 17.1 Å². The molecule has 0 unspecified atom stereocenters. The summed E-state index contributed by atoms with van der Waals surface area (Å²) in [5.74, 6) is 1.92. The van der Waals surface area contributed by atoms with Crippen molar-refractivity contribution in [3.63, 3.8) is 0 Å². The van der Waals surface area contributed by atoms with Gasteiger partial charge in [0.2, 0.25) is 0 Å².